The number of hydrogen-bond donors (Lipinski definition) is 2. The fraction of sp³-hybridized carbons (Fsp3) is 0.364. The van der Waals surface area contributed by atoms with E-state index in [0.717, 1.165) is 11.3 Å². The van der Waals surface area contributed by atoms with Gasteiger partial charge in [0.15, 0.2) is 22.8 Å². The van der Waals surface area contributed by atoms with Crippen molar-refractivity contribution >= 4 is 17.5 Å². The van der Waals surface area contributed by atoms with Gasteiger partial charge in [-0.05, 0) is 49.9 Å². The van der Waals surface area contributed by atoms with E-state index in [1.807, 2.05) is 24.3 Å². The van der Waals surface area contributed by atoms with Crippen molar-refractivity contribution in [3.05, 3.63) is 42.2 Å². The van der Waals surface area contributed by atoms with E-state index < -0.39 is 5.97 Å². The summed E-state index contributed by atoms with van der Waals surface area (Å²) in [6.45, 7) is 0. The minimum Gasteiger partial charge on any atom is -0.493 e. The molecule has 162 valence electrons. The number of carbonyl (C=O) groups is 2. The van der Waals surface area contributed by atoms with Crippen LogP contribution in [0.15, 0.2) is 36.5 Å². The first-order chi connectivity index (χ1) is 15.0. The van der Waals surface area contributed by atoms with Gasteiger partial charge in [-0.2, -0.15) is 5.10 Å². The molecule has 2 N–H and O–H groups in total. The SMILES string of the molecule is COc1ccc(-c2ccnc3cc(C(=O)NC4CCC(C(=O)O)CC4)nn23)cc1OC. The third-order valence-corrected chi connectivity index (χ3v) is 5.68. The summed E-state index contributed by atoms with van der Waals surface area (Å²) in [5.41, 5.74) is 2.41. The molecule has 1 fully saturated rings. The van der Waals surface area contributed by atoms with Crippen molar-refractivity contribution in [1.29, 1.82) is 0 Å². The van der Waals surface area contributed by atoms with Crippen LogP contribution in [0.4, 0.5) is 0 Å². The molecule has 0 unspecified atom stereocenters. The number of carboxylic acid groups (broad SMARTS) is 1. The van der Waals surface area contributed by atoms with Gasteiger partial charge in [-0.25, -0.2) is 9.50 Å². The Morgan fingerprint density at radius 1 is 1.06 bits per heavy atom. The average Bonchev–Trinajstić information content (AvgIpc) is 3.23. The average molecular weight is 424 g/mol. The molecule has 0 aliphatic heterocycles. The Labute approximate surface area is 179 Å². The zero-order valence-corrected chi connectivity index (χ0v) is 17.4. The Balaban J connectivity index is 1.57. The van der Waals surface area contributed by atoms with Crippen molar-refractivity contribution in [1.82, 2.24) is 19.9 Å². The predicted octanol–water partition coefficient (Wildman–Crippen LogP) is 2.79. The number of aliphatic carboxylic acids is 1. The molecule has 1 amide bonds. The molecule has 1 aliphatic carbocycles. The van der Waals surface area contributed by atoms with E-state index in [-0.39, 0.29) is 23.6 Å². The van der Waals surface area contributed by atoms with E-state index in [1.54, 1.807) is 31.0 Å². The second-order valence-corrected chi connectivity index (χ2v) is 7.56. The number of nitrogens with zero attached hydrogens (tertiary/aromatic N) is 3. The first-order valence-electron chi connectivity index (χ1n) is 10.1. The molecule has 2 heterocycles. The number of hydrogen-bond acceptors (Lipinski definition) is 6. The van der Waals surface area contributed by atoms with Crippen molar-refractivity contribution in [2.75, 3.05) is 14.2 Å². The Morgan fingerprint density at radius 3 is 2.48 bits per heavy atom. The molecule has 0 atom stereocenters. The van der Waals surface area contributed by atoms with Gasteiger partial charge in [-0.3, -0.25) is 9.59 Å². The summed E-state index contributed by atoms with van der Waals surface area (Å²) in [7, 11) is 3.15. The minimum absolute atomic E-state index is 0.0498. The molecule has 3 aromatic rings. The second-order valence-electron chi connectivity index (χ2n) is 7.56. The van der Waals surface area contributed by atoms with Crippen LogP contribution in [0.25, 0.3) is 16.9 Å². The summed E-state index contributed by atoms with van der Waals surface area (Å²) in [5, 5.41) is 16.6. The quantitative estimate of drug-likeness (QED) is 0.625. The molecule has 1 saturated carbocycles. The lowest BCUT2D eigenvalue weighted by Gasteiger charge is -2.26. The molecular formula is C22H24N4O5. The normalized spacial score (nSPS) is 18.5. The van der Waals surface area contributed by atoms with Gasteiger partial charge in [0.25, 0.3) is 5.91 Å². The summed E-state index contributed by atoms with van der Waals surface area (Å²) in [6.07, 6.45) is 4.08. The summed E-state index contributed by atoms with van der Waals surface area (Å²) in [6, 6.07) is 8.95. The van der Waals surface area contributed by atoms with Gasteiger partial charge in [0.2, 0.25) is 0 Å². The Hall–Kier alpha value is -3.62. The molecule has 1 aromatic carbocycles. The standard InChI is InChI=1S/C22H24N4O5/c1-30-18-8-5-14(11-19(18)31-2)17-9-10-23-20-12-16(25-26(17)20)21(27)24-15-6-3-13(4-7-15)22(28)29/h5,8-13,15H,3-4,6-7H2,1-2H3,(H,24,27)(H,28,29). The molecular weight excluding hydrogens is 400 g/mol. The predicted molar refractivity (Wildman–Crippen MR) is 112 cm³/mol. The number of ether oxygens (including phenoxy) is 2. The van der Waals surface area contributed by atoms with Crippen LogP contribution >= 0.6 is 0 Å². The van der Waals surface area contributed by atoms with Crippen molar-refractivity contribution in [3.63, 3.8) is 0 Å². The lowest BCUT2D eigenvalue weighted by Crippen LogP contribution is -2.38. The fourth-order valence-electron chi connectivity index (χ4n) is 3.96. The Morgan fingerprint density at radius 2 is 1.81 bits per heavy atom. The molecule has 0 bridgehead atoms. The van der Waals surface area contributed by atoms with Gasteiger partial charge in [0, 0.05) is 23.9 Å². The van der Waals surface area contributed by atoms with Gasteiger partial charge >= 0.3 is 5.97 Å². The smallest absolute Gasteiger partial charge is 0.306 e. The molecule has 4 rings (SSSR count). The molecule has 0 saturated heterocycles. The highest BCUT2D eigenvalue weighted by Crippen LogP contribution is 2.32. The first-order valence-corrected chi connectivity index (χ1v) is 10.1. The molecule has 31 heavy (non-hydrogen) atoms. The summed E-state index contributed by atoms with van der Waals surface area (Å²) < 4.78 is 12.3. The molecule has 0 spiro atoms. The van der Waals surface area contributed by atoms with Crippen molar-refractivity contribution < 1.29 is 24.2 Å². The lowest BCUT2D eigenvalue weighted by molar-refractivity contribution is -0.142. The largest absolute Gasteiger partial charge is 0.493 e. The first kappa shape index (κ1) is 20.6. The highest BCUT2D eigenvalue weighted by atomic mass is 16.5. The fourth-order valence-corrected chi connectivity index (χ4v) is 3.96. The van der Waals surface area contributed by atoms with Crippen LogP contribution < -0.4 is 14.8 Å². The van der Waals surface area contributed by atoms with E-state index in [1.165, 1.54) is 0 Å². The number of nitrogens with one attached hydrogen (secondary N) is 1. The highest BCUT2D eigenvalue weighted by Gasteiger charge is 2.27. The number of carbonyl (C=O) groups excluding carboxylic acids is 1. The monoisotopic (exact) mass is 424 g/mol. The number of rotatable bonds is 6. The third kappa shape index (κ3) is 4.16. The summed E-state index contributed by atoms with van der Waals surface area (Å²) in [5.74, 6) is -0.167. The van der Waals surface area contributed by atoms with E-state index in [4.69, 9.17) is 14.6 Å². The zero-order valence-electron chi connectivity index (χ0n) is 17.4. The molecule has 2 aromatic heterocycles. The minimum atomic E-state index is -0.765. The Bertz CT molecular complexity index is 1120. The van der Waals surface area contributed by atoms with Gasteiger partial charge < -0.3 is 19.9 Å². The van der Waals surface area contributed by atoms with Gasteiger partial charge in [-0.1, -0.05) is 0 Å². The molecule has 9 nitrogen and oxygen atoms in total. The maximum absolute atomic E-state index is 12.8. The molecule has 0 radical (unpaired) electrons. The van der Waals surface area contributed by atoms with Crippen molar-refractivity contribution in [2.45, 2.75) is 31.7 Å². The maximum atomic E-state index is 12.8. The number of carboxylic acids is 1. The van der Waals surface area contributed by atoms with Crippen LogP contribution in [0.2, 0.25) is 0 Å². The van der Waals surface area contributed by atoms with Crippen LogP contribution in [0, 0.1) is 5.92 Å². The number of fused-ring (bicyclic) bond motifs is 1. The number of methoxy groups -OCH3 is 2. The molecule has 9 heteroatoms. The number of amides is 1. The van der Waals surface area contributed by atoms with Crippen LogP contribution in [0.5, 0.6) is 11.5 Å². The maximum Gasteiger partial charge on any atom is 0.306 e. The number of aromatic nitrogens is 3. The van der Waals surface area contributed by atoms with Gasteiger partial charge in [-0.15, -0.1) is 0 Å². The molecule has 1 aliphatic rings. The lowest BCUT2D eigenvalue weighted by atomic mass is 9.86. The van der Waals surface area contributed by atoms with Crippen LogP contribution in [0.3, 0.4) is 0 Å². The van der Waals surface area contributed by atoms with Gasteiger partial charge in [0.05, 0.1) is 25.8 Å². The second kappa shape index (κ2) is 8.63. The third-order valence-electron chi connectivity index (χ3n) is 5.68. The van der Waals surface area contributed by atoms with E-state index in [2.05, 4.69) is 15.4 Å². The van der Waals surface area contributed by atoms with Crippen LogP contribution in [-0.4, -0.2) is 51.8 Å². The van der Waals surface area contributed by atoms with E-state index in [9.17, 15) is 9.59 Å². The summed E-state index contributed by atoms with van der Waals surface area (Å²) >= 11 is 0. The van der Waals surface area contributed by atoms with Crippen LogP contribution in [-0.2, 0) is 4.79 Å². The van der Waals surface area contributed by atoms with E-state index >= 15 is 0 Å². The summed E-state index contributed by atoms with van der Waals surface area (Å²) in [4.78, 5) is 28.2. The number of benzene rings is 1. The Kier molecular flexibility index (Phi) is 5.75. The van der Waals surface area contributed by atoms with E-state index in [0.29, 0.717) is 42.8 Å². The van der Waals surface area contributed by atoms with Crippen molar-refractivity contribution in [3.8, 4) is 22.8 Å². The zero-order chi connectivity index (χ0) is 22.0. The van der Waals surface area contributed by atoms with Crippen LogP contribution in [0.1, 0.15) is 36.2 Å². The van der Waals surface area contributed by atoms with Gasteiger partial charge in [0.1, 0.15) is 0 Å². The highest BCUT2D eigenvalue weighted by molar-refractivity contribution is 5.93. The van der Waals surface area contributed by atoms with Crippen molar-refractivity contribution in [2.24, 2.45) is 5.92 Å². The topological polar surface area (TPSA) is 115 Å².